The summed E-state index contributed by atoms with van der Waals surface area (Å²) in [5.41, 5.74) is 18.6. The number of nitrogens with zero attached hydrogens (tertiary/aromatic N) is 2. The summed E-state index contributed by atoms with van der Waals surface area (Å²) in [6, 6.07) is 8.21. The summed E-state index contributed by atoms with van der Waals surface area (Å²) < 4.78 is 56.5. The molecular weight excluding hydrogens is 526 g/mol. The Morgan fingerprint density at radius 2 is 1.75 bits per heavy atom. The number of sulfonamides is 2. The van der Waals surface area contributed by atoms with E-state index in [2.05, 4.69) is 31.6 Å². The number of benzene rings is 2. The van der Waals surface area contributed by atoms with Gasteiger partial charge in [-0.3, -0.25) is 0 Å². The lowest BCUT2D eigenvalue weighted by Crippen LogP contribution is -2.37. The summed E-state index contributed by atoms with van der Waals surface area (Å²) in [5, 5.41) is 6.00. The number of para-hydroxylation sites is 1. The number of primary sulfonamides is 1. The van der Waals surface area contributed by atoms with Crippen molar-refractivity contribution in [3.05, 3.63) is 35.9 Å². The molecule has 196 valence electrons. The number of hydrogen-bond donors (Lipinski definition) is 7. The number of nitrogens with two attached hydrogens (primary N) is 2. The maximum atomic E-state index is 13.3. The van der Waals surface area contributed by atoms with Crippen molar-refractivity contribution in [3.8, 4) is 11.1 Å². The van der Waals surface area contributed by atoms with E-state index in [0.717, 1.165) is 11.2 Å². The van der Waals surface area contributed by atoms with Gasteiger partial charge in [0, 0.05) is 24.1 Å². The molecule has 0 aliphatic carbocycles. The lowest BCUT2D eigenvalue weighted by molar-refractivity contribution is -0.870. The molecule has 13 nitrogen and oxygen atoms in total. The second kappa shape index (κ2) is 9.90. The molecule has 1 saturated heterocycles. The smallest absolute Gasteiger partial charge is 0.241 e. The molecule has 1 aliphatic heterocycles. The van der Waals surface area contributed by atoms with Crippen LogP contribution >= 0.6 is 11.3 Å². The first-order chi connectivity index (χ1) is 16.8. The number of hydrogen-bond acceptors (Lipinski definition) is 11. The van der Waals surface area contributed by atoms with Crippen LogP contribution in [0.25, 0.3) is 21.3 Å². The average molecular weight is 557 g/mol. The van der Waals surface area contributed by atoms with Gasteiger partial charge in [0.1, 0.15) is 16.0 Å². The van der Waals surface area contributed by atoms with Crippen LogP contribution < -0.4 is 37.5 Å². The normalized spacial score (nSPS) is 15.7. The SMILES string of the molecule is C[N+](C)(C)CCCNS(=O)(=O)c1ccc(-c2cccc3sc(N)nc23)c(C2NNNN2)c1S(N)(=O)=O. The summed E-state index contributed by atoms with van der Waals surface area (Å²) in [5.74, 6) is 0. The predicted molar refractivity (Wildman–Crippen MR) is 139 cm³/mol. The summed E-state index contributed by atoms with van der Waals surface area (Å²) in [7, 11) is -2.75. The lowest BCUT2D eigenvalue weighted by Gasteiger charge is -2.24. The van der Waals surface area contributed by atoms with Gasteiger partial charge in [0.2, 0.25) is 20.0 Å². The Kier molecular flexibility index (Phi) is 7.37. The molecule has 1 fully saturated rings. The van der Waals surface area contributed by atoms with Crippen molar-refractivity contribution >= 4 is 46.7 Å². The highest BCUT2D eigenvalue weighted by Gasteiger charge is 2.34. The third-order valence-electron chi connectivity index (χ3n) is 5.54. The quantitative estimate of drug-likeness (QED) is 0.136. The van der Waals surface area contributed by atoms with Crippen molar-refractivity contribution in [3.63, 3.8) is 0 Å². The van der Waals surface area contributed by atoms with Gasteiger partial charge in [-0.05, 0) is 17.7 Å². The number of rotatable bonds is 9. The Morgan fingerprint density at radius 1 is 1.06 bits per heavy atom. The van der Waals surface area contributed by atoms with Crippen LogP contribution in [0.2, 0.25) is 0 Å². The molecule has 4 rings (SSSR count). The van der Waals surface area contributed by atoms with Crippen LogP contribution in [0.3, 0.4) is 0 Å². The van der Waals surface area contributed by atoms with Crippen molar-refractivity contribution in [1.29, 1.82) is 0 Å². The van der Waals surface area contributed by atoms with Gasteiger partial charge in [0.05, 0.1) is 37.9 Å². The molecule has 2 heterocycles. The van der Waals surface area contributed by atoms with Crippen molar-refractivity contribution in [1.82, 2.24) is 31.6 Å². The summed E-state index contributed by atoms with van der Waals surface area (Å²) in [6.45, 7) is 0.863. The number of nitrogens with one attached hydrogen (secondary N) is 5. The van der Waals surface area contributed by atoms with Crippen LogP contribution in [-0.4, -0.2) is 60.5 Å². The number of thiazole rings is 1. The number of hydrazine groups is 3. The molecule has 1 aliphatic rings. The van der Waals surface area contributed by atoms with Gasteiger partial charge < -0.3 is 10.2 Å². The van der Waals surface area contributed by atoms with Gasteiger partial charge in [0.15, 0.2) is 5.13 Å². The van der Waals surface area contributed by atoms with E-state index in [1.165, 1.54) is 17.4 Å². The standard InChI is InChI=1S/C20H30N9O4S3/c1-29(2,3)11-5-10-23-36(32,33)15-9-8-12(13-6-4-7-14-17(13)24-20(21)34-14)16(18(15)35(22,30)31)19-25-27-28-26-19/h4,6-9,19,23,25-28H,5,10-11H2,1-3H3,(H2,21,24)(H2,22,30,31)/q+1. The van der Waals surface area contributed by atoms with E-state index in [-0.39, 0.29) is 12.1 Å². The fourth-order valence-corrected chi connectivity index (χ4v) is 7.52. The number of fused-ring (bicyclic) bond motifs is 1. The summed E-state index contributed by atoms with van der Waals surface area (Å²) in [6.07, 6.45) is -0.293. The highest BCUT2D eigenvalue weighted by Crippen LogP contribution is 2.40. The third-order valence-corrected chi connectivity index (χ3v) is 9.03. The van der Waals surface area contributed by atoms with Gasteiger partial charge in [-0.1, -0.05) is 29.5 Å². The van der Waals surface area contributed by atoms with Gasteiger partial charge in [-0.2, -0.15) is 11.1 Å². The lowest BCUT2D eigenvalue weighted by atomic mass is 9.97. The molecule has 3 aromatic rings. The molecule has 0 bridgehead atoms. The van der Waals surface area contributed by atoms with E-state index in [1.54, 1.807) is 18.2 Å². The van der Waals surface area contributed by atoms with Gasteiger partial charge in [-0.15, -0.1) is 0 Å². The first kappa shape index (κ1) is 26.8. The van der Waals surface area contributed by atoms with Gasteiger partial charge in [-0.25, -0.2) is 42.5 Å². The van der Waals surface area contributed by atoms with Gasteiger partial charge >= 0.3 is 0 Å². The van der Waals surface area contributed by atoms with Crippen LogP contribution in [-0.2, 0) is 20.0 Å². The minimum atomic E-state index is -4.52. The Balaban J connectivity index is 1.90. The maximum absolute atomic E-state index is 13.3. The molecule has 1 aromatic heterocycles. The zero-order chi connectivity index (χ0) is 26.3. The molecule has 0 amide bonds. The zero-order valence-corrected chi connectivity index (χ0v) is 22.4. The highest BCUT2D eigenvalue weighted by molar-refractivity contribution is 7.92. The fraction of sp³-hybridized carbons (Fsp3) is 0.350. The van der Waals surface area contributed by atoms with Crippen LogP contribution in [0.5, 0.6) is 0 Å². The van der Waals surface area contributed by atoms with E-state index < -0.39 is 36.0 Å². The Labute approximate surface area is 213 Å². The van der Waals surface area contributed by atoms with E-state index in [9.17, 15) is 16.8 Å². The molecule has 2 aromatic carbocycles. The molecule has 36 heavy (non-hydrogen) atoms. The number of quaternary nitrogens is 1. The van der Waals surface area contributed by atoms with E-state index in [0.29, 0.717) is 32.7 Å². The number of nitrogen functional groups attached to an aromatic ring is 1. The van der Waals surface area contributed by atoms with E-state index in [1.807, 2.05) is 27.2 Å². The molecule has 0 saturated carbocycles. The Bertz CT molecular complexity index is 1490. The number of anilines is 1. The van der Waals surface area contributed by atoms with Crippen molar-refractivity contribution < 1.29 is 21.3 Å². The molecule has 0 spiro atoms. The fourth-order valence-electron chi connectivity index (χ4n) is 4.02. The zero-order valence-electron chi connectivity index (χ0n) is 20.0. The topological polar surface area (TPSA) is 193 Å². The van der Waals surface area contributed by atoms with E-state index in [4.69, 9.17) is 10.9 Å². The monoisotopic (exact) mass is 556 g/mol. The summed E-state index contributed by atoms with van der Waals surface area (Å²) >= 11 is 1.29. The first-order valence-electron chi connectivity index (χ1n) is 10.9. The predicted octanol–water partition coefficient (Wildman–Crippen LogP) is -0.317. The second-order valence-corrected chi connectivity index (χ2v) is 13.6. The van der Waals surface area contributed by atoms with Crippen molar-refractivity contribution in [2.75, 3.05) is 40.0 Å². The average Bonchev–Trinajstić information content (AvgIpc) is 3.43. The largest absolute Gasteiger partial charge is 0.375 e. The Hall–Kier alpha value is -2.25. The number of aromatic nitrogens is 1. The summed E-state index contributed by atoms with van der Waals surface area (Å²) in [4.78, 5) is 3.45. The van der Waals surface area contributed by atoms with Crippen LogP contribution in [0.4, 0.5) is 5.13 Å². The van der Waals surface area contributed by atoms with E-state index >= 15 is 0 Å². The molecular formula is C20H30N9O4S3+. The molecule has 9 N–H and O–H groups in total. The van der Waals surface area contributed by atoms with Gasteiger partial charge in [0.25, 0.3) is 0 Å². The van der Waals surface area contributed by atoms with Crippen LogP contribution in [0.1, 0.15) is 18.2 Å². The highest BCUT2D eigenvalue weighted by atomic mass is 32.2. The third kappa shape index (κ3) is 5.67. The second-order valence-electron chi connectivity index (χ2n) is 9.34. The van der Waals surface area contributed by atoms with Crippen molar-refractivity contribution in [2.45, 2.75) is 22.4 Å². The van der Waals surface area contributed by atoms with Crippen LogP contribution in [0.15, 0.2) is 40.1 Å². The molecule has 16 heteroatoms. The first-order valence-corrected chi connectivity index (χ1v) is 14.8. The minimum absolute atomic E-state index is 0.114. The Morgan fingerprint density at radius 3 is 2.39 bits per heavy atom. The molecule has 0 atom stereocenters. The molecule has 0 radical (unpaired) electrons. The molecule has 0 unspecified atom stereocenters. The maximum Gasteiger partial charge on any atom is 0.241 e. The van der Waals surface area contributed by atoms with Crippen LogP contribution in [0, 0.1) is 0 Å². The minimum Gasteiger partial charge on any atom is -0.375 e. The van der Waals surface area contributed by atoms with Crippen molar-refractivity contribution in [2.24, 2.45) is 5.14 Å².